The molecule has 0 atom stereocenters. The maximum absolute atomic E-state index is 12.5. The fourth-order valence-electron chi connectivity index (χ4n) is 1.83. The number of halogens is 1. The molecule has 0 saturated carbocycles. The molecule has 0 saturated heterocycles. The van der Waals surface area contributed by atoms with Crippen LogP contribution >= 0.6 is 11.6 Å². The summed E-state index contributed by atoms with van der Waals surface area (Å²) in [5.74, 6) is -0.139. The highest BCUT2D eigenvalue weighted by Crippen LogP contribution is 2.26. The van der Waals surface area contributed by atoms with Gasteiger partial charge in [0, 0.05) is 5.02 Å². The molecule has 0 amide bonds. The number of nitrogens with two attached hydrogens (primary N) is 1. The van der Waals surface area contributed by atoms with Crippen molar-refractivity contribution in [2.24, 2.45) is 0 Å². The van der Waals surface area contributed by atoms with E-state index >= 15 is 0 Å². The highest BCUT2D eigenvalue weighted by atomic mass is 35.5. The quantitative estimate of drug-likeness (QED) is 0.755. The summed E-state index contributed by atoms with van der Waals surface area (Å²) in [6, 6.07) is 4.57. The van der Waals surface area contributed by atoms with Gasteiger partial charge in [-0.1, -0.05) is 22.0 Å². The van der Waals surface area contributed by atoms with Crippen molar-refractivity contribution in [1.29, 1.82) is 0 Å². The molecule has 3 aromatic rings. The first-order valence-corrected chi connectivity index (χ1v) is 7.21. The summed E-state index contributed by atoms with van der Waals surface area (Å²) >= 11 is 5.82. The number of aryl methyl sites for hydroxylation is 1. The first-order chi connectivity index (χ1) is 9.41. The lowest BCUT2D eigenvalue weighted by Gasteiger charge is -2.03. The smallest absolute Gasteiger partial charge is 0.292 e. The van der Waals surface area contributed by atoms with Gasteiger partial charge in [0.25, 0.3) is 10.0 Å². The minimum Gasteiger partial charge on any atom is -0.380 e. The zero-order valence-electron chi connectivity index (χ0n) is 10.1. The molecule has 0 bridgehead atoms. The Balaban J connectivity index is 2.30. The number of nitrogen functional groups attached to an aromatic ring is 1. The molecule has 2 N–H and O–H groups in total. The lowest BCUT2D eigenvalue weighted by Crippen LogP contribution is -2.16. The zero-order chi connectivity index (χ0) is 14.5. The summed E-state index contributed by atoms with van der Waals surface area (Å²) in [5, 5.41) is 11.3. The lowest BCUT2D eigenvalue weighted by atomic mass is 10.3. The van der Waals surface area contributed by atoms with Gasteiger partial charge in [0.2, 0.25) is 0 Å². The standard InChI is InChI=1S/C10H8ClN5O3S/c1-5-9(10(12)14-19-5)20(17,18)16-8-3-2-6(11)4-7(8)13-15-16/h2-4H,1H3,(H2,12,14). The van der Waals surface area contributed by atoms with Gasteiger partial charge >= 0.3 is 0 Å². The minimum absolute atomic E-state index is 0.0834. The van der Waals surface area contributed by atoms with Crippen LogP contribution in [0.5, 0.6) is 0 Å². The van der Waals surface area contributed by atoms with Crippen LogP contribution in [-0.4, -0.2) is 28.0 Å². The maximum atomic E-state index is 12.5. The second-order valence-electron chi connectivity index (χ2n) is 4.02. The van der Waals surface area contributed by atoms with Gasteiger partial charge in [0.1, 0.15) is 11.0 Å². The first-order valence-electron chi connectivity index (χ1n) is 5.39. The number of benzene rings is 1. The molecule has 8 nitrogen and oxygen atoms in total. The maximum Gasteiger partial charge on any atom is 0.292 e. The lowest BCUT2D eigenvalue weighted by molar-refractivity contribution is 0.396. The summed E-state index contributed by atoms with van der Waals surface area (Å²) in [5.41, 5.74) is 6.18. The van der Waals surface area contributed by atoms with E-state index in [1.165, 1.54) is 19.1 Å². The topological polar surface area (TPSA) is 117 Å². The van der Waals surface area contributed by atoms with E-state index in [2.05, 4.69) is 15.5 Å². The molecule has 0 aliphatic rings. The largest absolute Gasteiger partial charge is 0.380 e. The Kier molecular flexibility index (Phi) is 2.69. The Labute approximate surface area is 118 Å². The Morgan fingerprint density at radius 2 is 2.15 bits per heavy atom. The van der Waals surface area contributed by atoms with Crippen molar-refractivity contribution in [3.05, 3.63) is 29.0 Å². The fraction of sp³-hybridized carbons (Fsp3) is 0.100. The minimum atomic E-state index is -4.03. The molecule has 1 aromatic carbocycles. The first kappa shape index (κ1) is 12.9. The Hall–Kier alpha value is -2.13. The second kappa shape index (κ2) is 4.18. The van der Waals surface area contributed by atoms with Crippen molar-refractivity contribution in [3.63, 3.8) is 0 Å². The van der Waals surface area contributed by atoms with Gasteiger partial charge in [-0.15, -0.1) is 9.19 Å². The summed E-state index contributed by atoms with van der Waals surface area (Å²) in [4.78, 5) is -0.223. The summed E-state index contributed by atoms with van der Waals surface area (Å²) in [7, 11) is -4.03. The predicted octanol–water partition coefficient (Wildman–Crippen LogP) is 1.20. The molecule has 0 spiro atoms. The van der Waals surface area contributed by atoms with E-state index in [1.54, 1.807) is 6.07 Å². The molecular weight excluding hydrogens is 306 g/mol. The normalized spacial score (nSPS) is 12.1. The average Bonchev–Trinajstić information content (AvgIpc) is 2.93. The number of anilines is 1. The number of hydrogen-bond donors (Lipinski definition) is 1. The third-order valence-corrected chi connectivity index (χ3v) is 4.67. The monoisotopic (exact) mass is 313 g/mol. The van der Waals surface area contributed by atoms with Crippen molar-refractivity contribution < 1.29 is 12.9 Å². The van der Waals surface area contributed by atoms with Crippen LogP contribution in [0.4, 0.5) is 5.82 Å². The SMILES string of the molecule is Cc1onc(N)c1S(=O)(=O)n1nnc2cc(Cl)ccc21. The van der Waals surface area contributed by atoms with Gasteiger partial charge in [0.15, 0.2) is 16.5 Å². The van der Waals surface area contributed by atoms with E-state index < -0.39 is 10.0 Å². The van der Waals surface area contributed by atoms with Crippen LogP contribution in [0.15, 0.2) is 27.6 Å². The Bertz CT molecular complexity index is 895. The van der Waals surface area contributed by atoms with Crippen LogP contribution in [0.3, 0.4) is 0 Å². The van der Waals surface area contributed by atoms with Crippen molar-refractivity contribution in [2.45, 2.75) is 11.8 Å². The molecular formula is C10H8ClN5O3S. The van der Waals surface area contributed by atoms with E-state index in [4.69, 9.17) is 21.9 Å². The van der Waals surface area contributed by atoms with Crippen molar-refractivity contribution >= 4 is 38.5 Å². The van der Waals surface area contributed by atoms with Gasteiger partial charge in [-0.3, -0.25) is 0 Å². The number of rotatable bonds is 2. The van der Waals surface area contributed by atoms with Crippen molar-refractivity contribution in [2.75, 3.05) is 5.73 Å². The third-order valence-electron chi connectivity index (χ3n) is 2.70. The average molecular weight is 314 g/mol. The van der Waals surface area contributed by atoms with E-state index in [0.29, 0.717) is 10.5 Å². The Morgan fingerprint density at radius 1 is 1.40 bits per heavy atom. The number of aromatic nitrogens is 4. The zero-order valence-corrected chi connectivity index (χ0v) is 11.7. The summed E-state index contributed by atoms with van der Waals surface area (Å²) < 4.78 is 30.6. The highest BCUT2D eigenvalue weighted by Gasteiger charge is 2.29. The number of nitrogens with zero attached hydrogens (tertiary/aromatic N) is 4. The van der Waals surface area contributed by atoms with E-state index in [1.807, 2.05) is 0 Å². The van der Waals surface area contributed by atoms with Gasteiger partial charge in [-0.25, -0.2) is 0 Å². The predicted molar refractivity (Wildman–Crippen MR) is 70.8 cm³/mol. The fourth-order valence-corrected chi connectivity index (χ4v) is 3.42. The summed E-state index contributed by atoms with van der Waals surface area (Å²) in [6.45, 7) is 1.45. The van der Waals surface area contributed by atoms with Crippen LogP contribution in [0.1, 0.15) is 5.76 Å². The molecule has 104 valence electrons. The van der Waals surface area contributed by atoms with Gasteiger partial charge < -0.3 is 10.3 Å². The highest BCUT2D eigenvalue weighted by molar-refractivity contribution is 7.90. The van der Waals surface area contributed by atoms with Crippen LogP contribution in [-0.2, 0) is 10.0 Å². The number of hydrogen-bond acceptors (Lipinski definition) is 7. The molecule has 3 rings (SSSR count). The molecule has 0 aliphatic heterocycles. The molecule has 0 unspecified atom stereocenters. The summed E-state index contributed by atoms with van der Waals surface area (Å²) in [6.07, 6.45) is 0. The van der Waals surface area contributed by atoms with Crippen molar-refractivity contribution in [3.8, 4) is 0 Å². The van der Waals surface area contributed by atoms with E-state index in [9.17, 15) is 8.42 Å². The van der Waals surface area contributed by atoms with Crippen LogP contribution in [0.2, 0.25) is 5.02 Å². The van der Waals surface area contributed by atoms with Crippen LogP contribution in [0, 0.1) is 6.92 Å². The second-order valence-corrected chi connectivity index (χ2v) is 6.16. The number of fused-ring (bicyclic) bond motifs is 1. The third kappa shape index (κ3) is 1.74. The van der Waals surface area contributed by atoms with E-state index in [-0.39, 0.29) is 22.0 Å². The molecule has 10 heteroatoms. The van der Waals surface area contributed by atoms with E-state index in [0.717, 1.165) is 4.09 Å². The molecule has 0 fully saturated rings. The van der Waals surface area contributed by atoms with Gasteiger partial charge in [0.05, 0.1) is 0 Å². The molecule has 0 radical (unpaired) electrons. The molecule has 2 heterocycles. The van der Waals surface area contributed by atoms with Crippen LogP contribution < -0.4 is 5.73 Å². The molecule has 20 heavy (non-hydrogen) atoms. The van der Waals surface area contributed by atoms with Gasteiger partial charge in [-0.05, 0) is 25.1 Å². The molecule has 2 aromatic heterocycles. The molecule has 0 aliphatic carbocycles. The van der Waals surface area contributed by atoms with Crippen LogP contribution in [0.25, 0.3) is 11.0 Å². The van der Waals surface area contributed by atoms with Gasteiger partial charge in [-0.2, -0.15) is 8.42 Å². The van der Waals surface area contributed by atoms with Crippen molar-refractivity contribution in [1.82, 2.24) is 19.6 Å². The Morgan fingerprint density at radius 3 is 2.80 bits per heavy atom.